The highest BCUT2D eigenvalue weighted by Gasteiger charge is 2.34. The number of hydrogen-bond donors (Lipinski definition) is 1. The summed E-state index contributed by atoms with van der Waals surface area (Å²) in [5.41, 5.74) is 0.321. The van der Waals surface area contributed by atoms with E-state index in [0.29, 0.717) is 18.2 Å². The SMILES string of the molecule is CC(C)CN[C@@H]1COCc2nc(C(F)(F)F)ccc21. The van der Waals surface area contributed by atoms with Crippen LogP contribution in [0.2, 0.25) is 0 Å². The molecular weight excluding hydrogens is 257 g/mol. The van der Waals surface area contributed by atoms with Crippen LogP contribution in [0.4, 0.5) is 13.2 Å². The lowest BCUT2D eigenvalue weighted by molar-refractivity contribution is -0.141. The molecule has 1 atom stereocenters. The lowest BCUT2D eigenvalue weighted by Gasteiger charge is -2.27. The van der Waals surface area contributed by atoms with Gasteiger partial charge in [-0.2, -0.15) is 13.2 Å². The van der Waals surface area contributed by atoms with E-state index in [1.807, 2.05) is 0 Å². The van der Waals surface area contributed by atoms with Crippen LogP contribution in [0, 0.1) is 5.92 Å². The zero-order valence-electron chi connectivity index (χ0n) is 10.9. The Labute approximate surface area is 110 Å². The highest BCUT2D eigenvalue weighted by molar-refractivity contribution is 5.28. The molecule has 0 fully saturated rings. The highest BCUT2D eigenvalue weighted by atomic mass is 19.4. The molecule has 1 aromatic rings. The van der Waals surface area contributed by atoms with Gasteiger partial charge < -0.3 is 10.1 Å². The molecule has 2 rings (SSSR count). The molecule has 0 radical (unpaired) electrons. The molecule has 2 heterocycles. The third-order valence-corrected chi connectivity index (χ3v) is 2.97. The van der Waals surface area contributed by atoms with Crippen molar-refractivity contribution in [3.63, 3.8) is 0 Å². The van der Waals surface area contributed by atoms with Gasteiger partial charge in [0.05, 0.1) is 24.9 Å². The second kappa shape index (κ2) is 5.46. The second-order valence-corrected chi connectivity index (χ2v) is 5.10. The van der Waals surface area contributed by atoms with Crippen molar-refractivity contribution in [1.82, 2.24) is 10.3 Å². The maximum Gasteiger partial charge on any atom is 0.433 e. The summed E-state index contributed by atoms with van der Waals surface area (Å²) in [6, 6.07) is 2.46. The second-order valence-electron chi connectivity index (χ2n) is 5.10. The quantitative estimate of drug-likeness (QED) is 0.920. The van der Waals surface area contributed by atoms with Crippen molar-refractivity contribution in [2.75, 3.05) is 13.2 Å². The predicted molar refractivity (Wildman–Crippen MR) is 64.5 cm³/mol. The molecule has 0 aliphatic carbocycles. The van der Waals surface area contributed by atoms with Crippen LogP contribution in [-0.2, 0) is 17.5 Å². The third-order valence-electron chi connectivity index (χ3n) is 2.97. The summed E-state index contributed by atoms with van der Waals surface area (Å²) in [6.07, 6.45) is -4.41. The molecule has 1 aromatic heterocycles. The van der Waals surface area contributed by atoms with Crippen molar-refractivity contribution in [1.29, 1.82) is 0 Å². The smallest absolute Gasteiger partial charge is 0.373 e. The average Bonchev–Trinajstić information content (AvgIpc) is 2.34. The van der Waals surface area contributed by atoms with E-state index in [9.17, 15) is 13.2 Å². The molecule has 0 unspecified atom stereocenters. The van der Waals surface area contributed by atoms with Crippen molar-refractivity contribution in [3.05, 3.63) is 29.1 Å². The first-order valence-electron chi connectivity index (χ1n) is 6.26. The van der Waals surface area contributed by atoms with Gasteiger partial charge in [0.2, 0.25) is 0 Å². The summed E-state index contributed by atoms with van der Waals surface area (Å²) in [7, 11) is 0. The Morgan fingerprint density at radius 2 is 2.16 bits per heavy atom. The largest absolute Gasteiger partial charge is 0.433 e. The Kier molecular flexibility index (Phi) is 4.10. The lowest BCUT2D eigenvalue weighted by Crippen LogP contribution is -2.33. The Balaban J connectivity index is 2.21. The number of rotatable bonds is 3. The van der Waals surface area contributed by atoms with Gasteiger partial charge in [0.15, 0.2) is 0 Å². The van der Waals surface area contributed by atoms with Gasteiger partial charge in [-0.15, -0.1) is 0 Å². The van der Waals surface area contributed by atoms with Crippen molar-refractivity contribution in [2.24, 2.45) is 5.92 Å². The zero-order valence-corrected chi connectivity index (χ0v) is 10.9. The van der Waals surface area contributed by atoms with Crippen molar-refractivity contribution in [2.45, 2.75) is 32.7 Å². The maximum absolute atomic E-state index is 12.6. The van der Waals surface area contributed by atoms with E-state index in [2.05, 4.69) is 24.1 Å². The van der Waals surface area contributed by atoms with Gasteiger partial charge in [0.1, 0.15) is 5.69 Å². The minimum Gasteiger partial charge on any atom is -0.373 e. The van der Waals surface area contributed by atoms with E-state index < -0.39 is 11.9 Å². The molecule has 1 N–H and O–H groups in total. The lowest BCUT2D eigenvalue weighted by atomic mass is 10.0. The van der Waals surface area contributed by atoms with Crippen molar-refractivity contribution in [3.8, 4) is 0 Å². The topological polar surface area (TPSA) is 34.1 Å². The fourth-order valence-electron chi connectivity index (χ4n) is 2.01. The fraction of sp³-hybridized carbons (Fsp3) is 0.615. The number of nitrogens with zero attached hydrogens (tertiary/aromatic N) is 1. The van der Waals surface area contributed by atoms with E-state index >= 15 is 0 Å². The predicted octanol–water partition coefficient (Wildman–Crippen LogP) is 2.92. The molecule has 6 heteroatoms. The Morgan fingerprint density at radius 1 is 1.42 bits per heavy atom. The van der Waals surface area contributed by atoms with Gasteiger partial charge >= 0.3 is 6.18 Å². The summed E-state index contributed by atoms with van der Waals surface area (Å²) in [5.74, 6) is 0.466. The molecule has 19 heavy (non-hydrogen) atoms. The molecular formula is C13H17F3N2O. The summed E-state index contributed by atoms with van der Waals surface area (Å²) in [4.78, 5) is 3.67. The normalized spacial score (nSPS) is 19.6. The third kappa shape index (κ3) is 3.45. The van der Waals surface area contributed by atoms with E-state index in [4.69, 9.17) is 4.74 Å². The van der Waals surface area contributed by atoms with E-state index in [-0.39, 0.29) is 12.6 Å². The number of hydrogen-bond acceptors (Lipinski definition) is 3. The Bertz CT molecular complexity index is 446. The molecule has 0 aromatic carbocycles. The molecule has 0 saturated heterocycles. The fourth-order valence-corrected chi connectivity index (χ4v) is 2.01. The molecule has 0 amide bonds. The summed E-state index contributed by atoms with van der Waals surface area (Å²) >= 11 is 0. The van der Waals surface area contributed by atoms with Gasteiger partial charge in [-0.3, -0.25) is 0 Å². The van der Waals surface area contributed by atoms with Crippen LogP contribution in [0.5, 0.6) is 0 Å². The maximum atomic E-state index is 12.6. The molecule has 0 saturated carbocycles. The average molecular weight is 274 g/mol. The van der Waals surface area contributed by atoms with Crippen LogP contribution < -0.4 is 5.32 Å². The minimum atomic E-state index is -4.41. The van der Waals surface area contributed by atoms with Crippen LogP contribution in [0.15, 0.2) is 12.1 Å². The monoisotopic (exact) mass is 274 g/mol. The molecule has 1 aliphatic rings. The first-order valence-corrected chi connectivity index (χ1v) is 6.26. The molecule has 3 nitrogen and oxygen atoms in total. The van der Waals surface area contributed by atoms with Crippen LogP contribution in [0.3, 0.4) is 0 Å². The van der Waals surface area contributed by atoms with Crippen LogP contribution in [0.25, 0.3) is 0 Å². The number of alkyl halides is 3. The molecule has 0 bridgehead atoms. The minimum absolute atomic E-state index is 0.0825. The van der Waals surface area contributed by atoms with Crippen LogP contribution in [-0.4, -0.2) is 18.1 Å². The number of ether oxygens (including phenoxy) is 1. The molecule has 106 valence electrons. The Morgan fingerprint density at radius 3 is 2.79 bits per heavy atom. The van der Waals surface area contributed by atoms with Crippen LogP contribution >= 0.6 is 0 Å². The summed E-state index contributed by atoms with van der Waals surface area (Å²) in [6.45, 7) is 5.53. The number of nitrogens with one attached hydrogen (secondary N) is 1. The summed E-state index contributed by atoms with van der Waals surface area (Å²) in [5, 5.41) is 3.29. The first kappa shape index (κ1) is 14.3. The van der Waals surface area contributed by atoms with Gasteiger partial charge in [-0.1, -0.05) is 19.9 Å². The highest BCUT2D eigenvalue weighted by Crippen LogP contribution is 2.31. The number of pyridine rings is 1. The standard InChI is InChI=1S/C13H17F3N2O/c1-8(2)5-17-10-6-19-7-11-9(10)3-4-12(18-11)13(14,15)16/h3-4,8,10,17H,5-7H2,1-2H3/t10-/m1/s1. The van der Waals surface area contributed by atoms with Gasteiger partial charge in [0, 0.05) is 0 Å². The van der Waals surface area contributed by atoms with Crippen LogP contribution in [0.1, 0.15) is 36.8 Å². The number of aromatic nitrogens is 1. The zero-order chi connectivity index (χ0) is 14.0. The van der Waals surface area contributed by atoms with Gasteiger partial charge in [-0.05, 0) is 24.1 Å². The number of fused-ring (bicyclic) bond motifs is 1. The first-order chi connectivity index (χ1) is 8.88. The number of halogens is 3. The molecule has 1 aliphatic heterocycles. The van der Waals surface area contributed by atoms with Crippen molar-refractivity contribution >= 4 is 0 Å². The van der Waals surface area contributed by atoms with Gasteiger partial charge in [0.25, 0.3) is 0 Å². The molecule has 0 spiro atoms. The van der Waals surface area contributed by atoms with E-state index in [0.717, 1.165) is 18.2 Å². The van der Waals surface area contributed by atoms with E-state index in [1.54, 1.807) is 0 Å². The van der Waals surface area contributed by atoms with Gasteiger partial charge in [-0.25, -0.2) is 4.98 Å². The Hall–Kier alpha value is -1.14. The van der Waals surface area contributed by atoms with Crippen molar-refractivity contribution < 1.29 is 17.9 Å². The summed E-state index contributed by atoms with van der Waals surface area (Å²) < 4.78 is 43.1. The van der Waals surface area contributed by atoms with E-state index in [1.165, 1.54) is 6.07 Å².